The Morgan fingerprint density at radius 1 is 1.54 bits per heavy atom. The van der Waals surface area contributed by atoms with Crippen LogP contribution in [0.15, 0.2) is 12.2 Å². The fourth-order valence-electron chi connectivity index (χ4n) is 0.930. The minimum absolute atomic E-state index is 0.0718. The van der Waals surface area contributed by atoms with E-state index in [-0.39, 0.29) is 18.8 Å². The van der Waals surface area contributed by atoms with Crippen molar-refractivity contribution < 1.29 is 15.0 Å². The number of Topliss-reactive ketones (excluding diaryl/α,β-unsaturated/α-hetero) is 1. The molecule has 1 unspecified atom stereocenters. The fourth-order valence-corrected chi connectivity index (χ4v) is 0.930. The molecule has 0 radical (unpaired) electrons. The van der Waals surface area contributed by atoms with Crippen molar-refractivity contribution in [1.82, 2.24) is 0 Å². The van der Waals surface area contributed by atoms with Crippen LogP contribution in [0, 0.1) is 5.41 Å². The molecule has 76 valence electrons. The van der Waals surface area contributed by atoms with Gasteiger partial charge in [0.1, 0.15) is 0 Å². The molecule has 0 heterocycles. The molecule has 0 fully saturated rings. The zero-order chi connectivity index (χ0) is 10.6. The maximum absolute atomic E-state index is 11.3. The van der Waals surface area contributed by atoms with Gasteiger partial charge in [0.2, 0.25) is 0 Å². The van der Waals surface area contributed by atoms with E-state index in [1.54, 1.807) is 20.8 Å². The van der Waals surface area contributed by atoms with Gasteiger partial charge in [-0.25, -0.2) is 0 Å². The number of allylic oxidation sites excluding steroid dienone is 1. The summed E-state index contributed by atoms with van der Waals surface area (Å²) >= 11 is 0. The quantitative estimate of drug-likeness (QED) is 0.627. The average molecular weight is 186 g/mol. The Hall–Kier alpha value is -0.670. The Labute approximate surface area is 79.1 Å². The summed E-state index contributed by atoms with van der Waals surface area (Å²) in [6, 6.07) is 0. The lowest BCUT2D eigenvalue weighted by molar-refractivity contribution is -0.119. The zero-order valence-electron chi connectivity index (χ0n) is 8.50. The van der Waals surface area contributed by atoms with Gasteiger partial charge in [0.15, 0.2) is 5.78 Å². The number of rotatable bonds is 5. The third-order valence-corrected chi connectivity index (χ3v) is 2.17. The molecule has 0 spiro atoms. The normalized spacial score (nSPS) is 13.9. The first kappa shape index (κ1) is 12.3. The molecule has 2 N–H and O–H groups in total. The molecule has 1 atom stereocenters. The van der Waals surface area contributed by atoms with E-state index in [9.17, 15) is 9.90 Å². The van der Waals surface area contributed by atoms with E-state index in [0.717, 1.165) is 0 Å². The van der Waals surface area contributed by atoms with Crippen LogP contribution in [0.4, 0.5) is 0 Å². The maximum Gasteiger partial charge on any atom is 0.158 e. The largest absolute Gasteiger partial charge is 0.394 e. The maximum atomic E-state index is 11.3. The van der Waals surface area contributed by atoms with Crippen molar-refractivity contribution in [2.45, 2.75) is 33.3 Å². The molecular weight excluding hydrogens is 168 g/mol. The minimum Gasteiger partial charge on any atom is -0.394 e. The molecular formula is C10H18O3. The van der Waals surface area contributed by atoms with Crippen LogP contribution in [-0.2, 0) is 4.79 Å². The molecule has 13 heavy (non-hydrogen) atoms. The summed E-state index contributed by atoms with van der Waals surface area (Å²) in [6.07, 6.45) is -0.653. The second-order valence-corrected chi connectivity index (χ2v) is 4.07. The van der Waals surface area contributed by atoms with Gasteiger partial charge in [-0.3, -0.25) is 4.79 Å². The predicted octanol–water partition coefficient (Wildman–Crippen LogP) is 0.901. The van der Waals surface area contributed by atoms with Gasteiger partial charge >= 0.3 is 0 Å². The van der Waals surface area contributed by atoms with Gasteiger partial charge in [0.25, 0.3) is 0 Å². The van der Waals surface area contributed by atoms with E-state index in [0.29, 0.717) is 5.57 Å². The number of hydrogen-bond donors (Lipinski definition) is 2. The van der Waals surface area contributed by atoms with Gasteiger partial charge in [0, 0.05) is 11.8 Å². The zero-order valence-corrected chi connectivity index (χ0v) is 8.50. The highest BCUT2D eigenvalue weighted by Crippen LogP contribution is 2.26. The third kappa shape index (κ3) is 3.70. The standard InChI is InChI=1S/C10H18O3/c1-7(2)8(12)5-10(3,4)9(13)6-11/h9,11,13H,1,5-6H2,2-4H3. The molecule has 0 aliphatic carbocycles. The van der Waals surface area contributed by atoms with Crippen molar-refractivity contribution in [1.29, 1.82) is 0 Å². The molecule has 0 saturated carbocycles. The van der Waals surface area contributed by atoms with Gasteiger partial charge in [0.05, 0.1) is 12.7 Å². The summed E-state index contributed by atoms with van der Waals surface area (Å²) in [6.45, 7) is 8.34. The van der Waals surface area contributed by atoms with Crippen LogP contribution in [0.5, 0.6) is 0 Å². The summed E-state index contributed by atoms with van der Waals surface area (Å²) in [5, 5.41) is 18.1. The second-order valence-electron chi connectivity index (χ2n) is 4.07. The van der Waals surface area contributed by atoms with Gasteiger partial charge in [-0.1, -0.05) is 20.4 Å². The van der Waals surface area contributed by atoms with E-state index in [4.69, 9.17) is 5.11 Å². The van der Waals surface area contributed by atoms with Gasteiger partial charge in [-0.2, -0.15) is 0 Å². The van der Waals surface area contributed by atoms with Crippen molar-refractivity contribution in [2.75, 3.05) is 6.61 Å². The van der Waals surface area contributed by atoms with Crippen molar-refractivity contribution in [3.63, 3.8) is 0 Å². The Bertz CT molecular complexity index is 206. The Morgan fingerprint density at radius 2 is 2.00 bits per heavy atom. The summed E-state index contributed by atoms with van der Waals surface area (Å²) in [5.74, 6) is -0.0718. The lowest BCUT2D eigenvalue weighted by Gasteiger charge is -2.28. The molecule has 0 aliphatic rings. The molecule has 0 bridgehead atoms. The highest BCUT2D eigenvalue weighted by molar-refractivity contribution is 5.94. The van der Waals surface area contributed by atoms with Crippen LogP contribution in [0.1, 0.15) is 27.2 Å². The summed E-state index contributed by atoms with van der Waals surface area (Å²) in [4.78, 5) is 11.3. The van der Waals surface area contributed by atoms with Crippen molar-refractivity contribution in [3.05, 3.63) is 12.2 Å². The summed E-state index contributed by atoms with van der Waals surface area (Å²) in [7, 11) is 0. The van der Waals surface area contributed by atoms with Gasteiger partial charge in [-0.05, 0) is 12.5 Å². The topological polar surface area (TPSA) is 57.5 Å². The Balaban J connectivity index is 4.33. The molecule has 3 heteroatoms. The van der Waals surface area contributed by atoms with Crippen LogP contribution >= 0.6 is 0 Å². The number of carbonyl (C=O) groups is 1. The number of aliphatic hydroxyl groups is 2. The number of ketones is 1. The van der Waals surface area contributed by atoms with E-state index >= 15 is 0 Å². The lowest BCUT2D eigenvalue weighted by atomic mass is 9.81. The SMILES string of the molecule is C=C(C)C(=O)CC(C)(C)C(O)CO. The van der Waals surface area contributed by atoms with Gasteiger partial charge in [-0.15, -0.1) is 0 Å². The summed E-state index contributed by atoms with van der Waals surface area (Å²) in [5.41, 5.74) is -0.108. The van der Waals surface area contributed by atoms with E-state index < -0.39 is 11.5 Å². The molecule has 0 amide bonds. The monoisotopic (exact) mass is 186 g/mol. The number of aliphatic hydroxyl groups excluding tert-OH is 2. The smallest absolute Gasteiger partial charge is 0.158 e. The van der Waals surface area contributed by atoms with Crippen LogP contribution in [0.3, 0.4) is 0 Å². The highest BCUT2D eigenvalue weighted by Gasteiger charge is 2.29. The summed E-state index contributed by atoms with van der Waals surface area (Å²) < 4.78 is 0. The van der Waals surface area contributed by atoms with E-state index in [1.807, 2.05) is 0 Å². The van der Waals surface area contributed by atoms with Crippen molar-refractivity contribution in [2.24, 2.45) is 5.41 Å². The molecule has 0 aromatic heterocycles. The highest BCUT2D eigenvalue weighted by atomic mass is 16.3. The first-order valence-electron chi connectivity index (χ1n) is 4.29. The van der Waals surface area contributed by atoms with Crippen LogP contribution in [0.2, 0.25) is 0 Å². The molecule has 0 aromatic carbocycles. The number of carbonyl (C=O) groups excluding carboxylic acids is 1. The molecule has 0 rings (SSSR count). The average Bonchev–Trinajstić information content (AvgIpc) is 2.01. The van der Waals surface area contributed by atoms with E-state index in [1.165, 1.54) is 0 Å². The molecule has 3 nitrogen and oxygen atoms in total. The lowest BCUT2D eigenvalue weighted by Crippen LogP contribution is -2.34. The molecule has 0 aromatic rings. The van der Waals surface area contributed by atoms with Crippen LogP contribution in [0.25, 0.3) is 0 Å². The van der Waals surface area contributed by atoms with Crippen molar-refractivity contribution >= 4 is 5.78 Å². The molecule has 0 saturated heterocycles. The first-order valence-corrected chi connectivity index (χ1v) is 4.29. The second kappa shape index (κ2) is 4.53. The molecule has 0 aliphatic heterocycles. The Kier molecular flexibility index (Phi) is 4.30. The number of hydrogen-bond acceptors (Lipinski definition) is 3. The van der Waals surface area contributed by atoms with Crippen LogP contribution in [-0.4, -0.2) is 28.7 Å². The Morgan fingerprint density at radius 3 is 2.31 bits per heavy atom. The van der Waals surface area contributed by atoms with Gasteiger partial charge < -0.3 is 10.2 Å². The van der Waals surface area contributed by atoms with Crippen LogP contribution < -0.4 is 0 Å². The third-order valence-electron chi connectivity index (χ3n) is 2.17. The minimum atomic E-state index is -0.865. The first-order chi connectivity index (χ1) is 5.81. The van der Waals surface area contributed by atoms with E-state index in [2.05, 4.69) is 6.58 Å². The fraction of sp³-hybridized carbons (Fsp3) is 0.700. The van der Waals surface area contributed by atoms with Crippen molar-refractivity contribution in [3.8, 4) is 0 Å². The predicted molar refractivity (Wildman–Crippen MR) is 51.3 cm³/mol.